The summed E-state index contributed by atoms with van der Waals surface area (Å²) in [6.07, 6.45) is 4.30. The maximum Gasteiger partial charge on any atom is 0.128 e. The molecule has 0 saturated carbocycles. The van der Waals surface area contributed by atoms with Crippen LogP contribution in [0, 0.1) is 6.92 Å². The normalized spacial score (nSPS) is 16.6. The molecule has 17 heavy (non-hydrogen) atoms. The minimum Gasteiger partial charge on any atom is -0.483 e. The third-order valence-electron chi connectivity index (χ3n) is 3.28. The highest BCUT2D eigenvalue weighted by Crippen LogP contribution is 2.37. The van der Waals surface area contributed by atoms with Gasteiger partial charge < -0.3 is 4.74 Å². The summed E-state index contributed by atoms with van der Waals surface area (Å²) in [7, 11) is 0. The fraction of sp³-hybridized carbons (Fsp3) is 0.250. The lowest BCUT2D eigenvalue weighted by molar-refractivity contribution is 0.159. The van der Waals surface area contributed by atoms with Gasteiger partial charge in [0.1, 0.15) is 11.4 Å². The van der Waals surface area contributed by atoms with Gasteiger partial charge in [0.05, 0.1) is 0 Å². The minimum atomic E-state index is -0.206. The lowest BCUT2D eigenvalue weighted by atomic mass is 9.95. The van der Waals surface area contributed by atoms with Gasteiger partial charge in [-0.05, 0) is 49.2 Å². The zero-order valence-electron chi connectivity index (χ0n) is 10.4. The van der Waals surface area contributed by atoms with E-state index in [4.69, 9.17) is 4.74 Å². The van der Waals surface area contributed by atoms with Crippen molar-refractivity contribution in [2.75, 3.05) is 0 Å². The Bertz CT molecular complexity index is 621. The summed E-state index contributed by atoms with van der Waals surface area (Å²) < 4.78 is 6.02. The van der Waals surface area contributed by atoms with Crippen molar-refractivity contribution in [3.63, 3.8) is 0 Å². The molecule has 0 fully saturated rings. The maximum absolute atomic E-state index is 6.02. The Kier molecular flexibility index (Phi) is 2.06. The molecular formula is C16H16O. The predicted octanol–water partition coefficient (Wildman–Crippen LogP) is 4.33. The minimum absolute atomic E-state index is 0.206. The fourth-order valence-electron chi connectivity index (χ4n) is 2.40. The van der Waals surface area contributed by atoms with Crippen molar-refractivity contribution >= 4 is 16.8 Å². The third-order valence-corrected chi connectivity index (χ3v) is 3.28. The molecule has 0 N–H and O–H groups in total. The monoisotopic (exact) mass is 224 g/mol. The maximum atomic E-state index is 6.02. The Morgan fingerprint density at radius 2 is 1.76 bits per heavy atom. The van der Waals surface area contributed by atoms with E-state index in [9.17, 15) is 0 Å². The molecule has 1 heterocycles. The molecule has 1 nitrogen and oxygen atoms in total. The van der Waals surface area contributed by atoms with E-state index in [0.717, 1.165) is 5.75 Å². The second kappa shape index (κ2) is 3.36. The first-order chi connectivity index (χ1) is 8.07. The molecule has 1 aliphatic heterocycles. The lowest BCUT2D eigenvalue weighted by Crippen LogP contribution is -2.27. The van der Waals surface area contributed by atoms with Crippen molar-refractivity contribution in [2.45, 2.75) is 26.4 Å². The summed E-state index contributed by atoms with van der Waals surface area (Å²) in [6, 6.07) is 10.6. The van der Waals surface area contributed by atoms with Crippen LogP contribution in [0.5, 0.6) is 5.75 Å². The van der Waals surface area contributed by atoms with Crippen LogP contribution in [0.2, 0.25) is 0 Å². The number of rotatable bonds is 0. The Morgan fingerprint density at radius 1 is 1.06 bits per heavy atom. The van der Waals surface area contributed by atoms with Crippen molar-refractivity contribution in [1.29, 1.82) is 0 Å². The predicted molar refractivity (Wildman–Crippen MR) is 72.4 cm³/mol. The molecule has 0 amide bonds. The molecule has 0 bridgehead atoms. The van der Waals surface area contributed by atoms with E-state index in [-0.39, 0.29) is 5.60 Å². The molecule has 2 aromatic carbocycles. The summed E-state index contributed by atoms with van der Waals surface area (Å²) in [5.74, 6) is 0.994. The van der Waals surface area contributed by atoms with Gasteiger partial charge in [0, 0.05) is 5.56 Å². The molecule has 1 aliphatic rings. The highest BCUT2D eigenvalue weighted by atomic mass is 16.5. The van der Waals surface area contributed by atoms with Crippen LogP contribution in [-0.4, -0.2) is 5.60 Å². The summed E-state index contributed by atoms with van der Waals surface area (Å²) in [5.41, 5.74) is 2.26. The summed E-state index contributed by atoms with van der Waals surface area (Å²) in [4.78, 5) is 0. The van der Waals surface area contributed by atoms with Gasteiger partial charge in [0.2, 0.25) is 0 Å². The molecule has 86 valence electrons. The van der Waals surface area contributed by atoms with Crippen LogP contribution in [-0.2, 0) is 0 Å². The summed E-state index contributed by atoms with van der Waals surface area (Å²) >= 11 is 0. The van der Waals surface area contributed by atoms with Gasteiger partial charge in [-0.2, -0.15) is 0 Å². The van der Waals surface area contributed by atoms with Gasteiger partial charge in [0.15, 0.2) is 0 Å². The van der Waals surface area contributed by atoms with Crippen LogP contribution in [0.25, 0.3) is 16.8 Å². The molecule has 2 aromatic rings. The number of hydrogen-bond donors (Lipinski definition) is 0. The van der Waals surface area contributed by atoms with E-state index in [1.165, 1.54) is 21.9 Å². The quantitative estimate of drug-likeness (QED) is 0.647. The molecular weight excluding hydrogens is 208 g/mol. The number of ether oxygens (including phenoxy) is 1. The van der Waals surface area contributed by atoms with E-state index in [0.29, 0.717) is 0 Å². The average molecular weight is 224 g/mol. The number of aryl methyl sites for hydroxylation is 1. The van der Waals surface area contributed by atoms with Gasteiger partial charge in [-0.15, -0.1) is 0 Å². The first kappa shape index (κ1) is 10.4. The van der Waals surface area contributed by atoms with Crippen LogP contribution in [0.4, 0.5) is 0 Å². The molecule has 0 spiro atoms. The van der Waals surface area contributed by atoms with E-state index in [1.54, 1.807) is 0 Å². The van der Waals surface area contributed by atoms with Crippen LogP contribution in [0.3, 0.4) is 0 Å². The number of fused-ring (bicyclic) bond motifs is 3. The largest absolute Gasteiger partial charge is 0.483 e. The highest BCUT2D eigenvalue weighted by molar-refractivity contribution is 5.95. The standard InChI is InChI=1S/C16H16O/c1-11-10-15-14(8-9-16(2,3)17-15)13-7-5-4-6-12(11)13/h4-10H,1-3H3. The van der Waals surface area contributed by atoms with Crippen LogP contribution < -0.4 is 4.74 Å². The van der Waals surface area contributed by atoms with E-state index in [1.807, 2.05) is 0 Å². The third kappa shape index (κ3) is 1.62. The molecule has 0 saturated heterocycles. The number of benzene rings is 2. The zero-order chi connectivity index (χ0) is 12.0. The van der Waals surface area contributed by atoms with Gasteiger partial charge in [-0.3, -0.25) is 0 Å². The molecule has 0 atom stereocenters. The van der Waals surface area contributed by atoms with Crippen molar-refractivity contribution < 1.29 is 4.74 Å². The Morgan fingerprint density at radius 3 is 2.53 bits per heavy atom. The van der Waals surface area contributed by atoms with Crippen LogP contribution in [0.1, 0.15) is 25.0 Å². The van der Waals surface area contributed by atoms with Crippen molar-refractivity contribution in [1.82, 2.24) is 0 Å². The van der Waals surface area contributed by atoms with Crippen molar-refractivity contribution in [3.05, 3.63) is 47.5 Å². The van der Waals surface area contributed by atoms with Gasteiger partial charge in [-0.25, -0.2) is 0 Å². The molecule has 1 heteroatoms. The molecule has 0 aliphatic carbocycles. The van der Waals surface area contributed by atoms with Gasteiger partial charge in [-0.1, -0.05) is 30.3 Å². The first-order valence-electron chi connectivity index (χ1n) is 5.97. The average Bonchev–Trinajstić information content (AvgIpc) is 2.28. The molecule has 0 unspecified atom stereocenters. The molecule has 0 radical (unpaired) electrons. The summed E-state index contributed by atoms with van der Waals surface area (Å²) in [6.45, 7) is 6.30. The van der Waals surface area contributed by atoms with Crippen molar-refractivity contribution in [2.24, 2.45) is 0 Å². The Hall–Kier alpha value is -1.76. The topological polar surface area (TPSA) is 9.23 Å². The highest BCUT2D eigenvalue weighted by Gasteiger charge is 2.23. The van der Waals surface area contributed by atoms with E-state index in [2.05, 4.69) is 63.3 Å². The van der Waals surface area contributed by atoms with E-state index >= 15 is 0 Å². The smallest absolute Gasteiger partial charge is 0.128 e. The SMILES string of the molecule is Cc1cc2c(c3ccccc13)C=CC(C)(C)O2. The summed E-state index contributed by atoms with van der Waals surface area (Å²) in [5, 5.41) is 2.58. The second-order valence-corrected chi connectivity index (χ2v) is 5.19. The fourth-order valence-corrected chi connectivity index (χ4v) is 2.40. The van der Waals surface area contributed by atoms with Gasteiger partial charge >= 0.3 is 0 Å². The first-order valence-corrected chi connectivity index (χ1v) is 5.97. The Balaban J connectivity index is 2.35. The molecule has 0 aromatic heterocycles. The van der Waals surface area contributed by atoms with Crippen molar-refractivity contribution in [3.8, 4) is 5.75 Å². The second-order valence-electron chi connectivity index (χ2n) is 5.19. The van der Waals surface area contributed by atoms with E-state index < -0.39 is 0 Å². The zero-order valence-corrected chi connectivity index (χ0v) is 10.4. The Labute approximate surface area is 102 Å². The van der Waals surface area contributed by atoms with Crippen LogP contribution in [0.15, 0.2) is 36.4 Å². The van der Waals surface area contributed by atoms with Gasteiger partial charge in [0.25, 0.3) is 0 Å². The lowest BCUT2D eigenvalue weighted by Gasteiger charge is -2.29. The van der Waals surface area contributed by atoms with Crippen LogP contribution >= 0.6 is 0 Å². The number of hydrogen-bond acceptors (Lipinski definition) is 1. The molecule has 3 rings (SSSR count).